The van der Waals surface area contributed by atoms with Crippen LogP contribution in [0.25, 0.3) is 22.3 Å². The number of pyridine rings is 1. The van der Waals surface area contributed by atoms with E-state index in [-0.39, 0.29) is 41.5 Å². The standard InChI is InChI=1S/C27H29N7O5S2/c1-40(36,37)15-14-24-25-23(32-27(33-24)34(28)16-17-2-10-21(11-3-17)41(29,38)39)13-12-22(31-25)18-4-6-19(7-5-18)26(35)30-20-8-9-20/h2-7,10-13,20H,8-9,14-16,28H2,1H3,(H,30,35)(H2,29,38,39). The third-order valence-electron chi connectivity index (χ3n) is 6.53. The number of benzene rings is 2. The molecule has 0 saturated heterocycles. The number of aromatic nitrogens is 3. The summed E-state index contributed by atoms with van der Waals surface area (Å²) >= 11 is 0. The molecule has 1 aliphatic rings. The number of carbonyl (C=O) groups is 1. The van der Waals surface area contributed by atoms with Gasteiger partial charge in [0.15, 0.2) is 0 Å². The summed E-state index contributed by atoms with van der Waals surface area (Å²) in [6.07, 6.45) is 3.26. The zero-order valence-electron chi connectivity index (χ0n) is 22.2. The molecule has 214 valence electrons. The Bertz CT molecular complexity index is 1820. The highest BCUT2D eigenvalue weighted by Gasteiger charge is 2.24. The van der Waals surface area contributed by atoms with E-state index < -0.39 is 19.9 Å². The number of sulfone groups is 1. The van der Waals surface area contributed by atoms with Gasteiger partial charge in [0, 0.05) is 29.8 Å². The van der Waals surface area contributed by atoms with Crippen molar-refractivity contribution in [2.75, 3.05) is 17.0 Å². The Balaban J connectivity index is 1.44. The van der Waals surface area contributed by atoms with E-state index in [0.29, 0.717) is 33.5 Å². The van der Waals surface area contributed by atoms with Crippen molar-refractivity contribution < 1.29 is 21.6 Å². The van der Waals surface area contributed by atoms with Crippen molar-refractivity contribution in [1.29, 1.82) is 0 Å². The topological polar surface area (TPSA) is 191 Å². The molecule has 12 nitrogen and oxygen atoms in total. The summed E-state index contributed by atoms with van der Waals surface area (Å²) in [5, 5.41) is 9.41. The third-order valence-corrected chi connectivity index (χ3v) is 8.40. The lowest BCUT2D eigenvalue weighted by Crippen LogP contribution is -2.32. The van der Waals surface area contributed by atoms with E-state index in [1.807, 2.05) is 12.1 Å². The molecule has 1 saturated carbocycles. The number of hydrazine groups is 1. The van der Waals surface area contributed by atoms with Gasteiger partial charge in [-0.15, -0.1) is 0 Å². The van der Waals surface area contributed by atoms with Crippen LogP contribution in [0.15, 0.2) is 65.6 Å². The first-order valence-electron chi connectivity index (χ1n) is 12.8. The van der Waals surface area contributed by atoms with Gasteiger partial charge in [0.25, 0.3) is 5.91 Å². The number of nitrogens with one attached hydrogen (secondary N) is 1. The summed E-state index contributed by atoms with van der Waals surface area (Å²) in [5.41, 5.74) is 3.96. The number of aryl methyl sites for hydroxylation is 1. The monoisotopic (exact) mass is 595 g/mol. The number of carbonyl (C=O) groups excluding carboxylic acids is 1. The van der Waals surface area contributed by atoms with Crippen LogP contribution in [-0.4, -0.2) is 55.7 Å². The van der Waals surface area contributed by atoms with Crippen LogP contribution in [0, 0.1) is 0 Å². The van der Waals surface area contributed by atoms with Crippen molar-refractivity contribution in [3.05, 3.63) is 77.5 Å². The van der Waals surface area contributed by atoms with E-state index in [4.69, 9.17) is 16.0 Å². The lowest BCUT2D eigenvalue weighted by atomic mass is 10.1. The Hall–Kier alpha value is -3.98. The molecule has 0 unspecified atom stereocenters. The van der Waals surface area contributed by atoms with E-state index in [0.717, 1.165) is 24.7 Å². The molecule has 0 bridgehead atoms. The molecule has 5 N–H and O–H groups in total. The number of hydrogen-bond acceptors (Lipinski definition) is 10. The van der Waals surface area contributed by atoms with Crippen LogP contribution in [0.1, 0.15) is 34.5 Å². The van der Waals surface area contributed by atoms with Crippen LogP contribution in [0.2, 0.25) is 0 Å². The van der Waals surface area contributed by atoms with Crippen LogP contribution in [0.4, 0.5) is 5.95 Å². The molecule has 41 heavy (non-hydrogen) atoms. The second kappa shape index (κ2) is 11.1. The average molecular weight is 596 g/mol. The van der Waals surface area contributed by atoms with Crippen LogP contribution in [-0.2, 0) is 32.8 Å². The molecule has 1 amide bonds. The van der Waals surface area contributed by atoms with E-state index in [2.05, 4.69) is 15.3 Å². The second-order valence-corrected chi connectivity index (χ2v) is 13.9. The van der Waals surface area contributed by atoms with Crippen LogP contribution < -0.4 is 21.3 Å². The number of hydrogen-bond donors (Lipinski definition) is 3. The maximum absolute atomic E-state index is 12.3. The molecule has 0 spiro atoms. The zero-order chi connectivity index (χ0) is 29.4. The molecular formula is C27H29N7O5S2. The van der Waals surface area contributed by atoms with Crippen LogP contribution in [0.3, 0.4) is 0 Å². The summed E-state index contributed by atoms with van der Waals surface area (Å²) in [6.45, 7) is 0.147. The van der Waals surface area contributed by atoms with Crippen molar-refractivity contribution in [3.63, 3.8) is 0 Å². The van der Waals surface area contributed by atoms with Crippen LogP contribution in [0.5, 0.6) is 0 Å². The molecule has 5 rings (SSSR count). The lowest BCUT2D eigenvalue weighted by molar-refractivity contribution is 0.0951. The SMILES string of the molecule is CS(=O)(=O)CCc1nc(N(N)Cc2ccc(S(N)(=O)=O)cc2)nc2ccc(-c3ccc(C(=O)NC4CC4)cc3)nc12. The van der Waals surface area contributed by atoms with Gasteiger partial charge in [-0.05, 0) is 54.8 Å². The lowest BCUT2D eigenvalue weighted by Gasteiger charge is -2.18. The molecule has 0 atom stereocenters. The van der Waals surface area contributed by atoms with Crippen molar-refractivity contribution in [2.45, 2.75) is 36.7 Å². The number of rotatable bonds is 10. The molecule has 1 aliphatic carbocycles. The van der Waals surface area contributed by atoms with E-state index in [9.17, 15) is 21.6 Å². The fourth-order valence-electron chi connectivity index (χ4n) is 4.15. The van der Waals surface area contributed by atoms with Gasteiger partial charge in [-0.2, -0.15) is 0 Å². The Morgan fingerprint density at radius 2 is 1.63 bits per heavy atom. The maximum atomic E-state index is 12.3. The average Bonchev–Trinajstić information content (AvgIpc) is 3.74. The maximum Gasteiger partial charge on any atom is 0.251 e. The fraction of sp³-hybridized carbons (Fsp3) is 0.259. The normalized spacial score (nSPS) is 13.7. The van der Waals surface area contributed by atoms with Gasteiger partial charge in [0.05, 0.1) is 34.1 Å². The van der Waals surface area contributed by atoms with E-state index in [1.165, 1.54) is 17.1 Å². The number of amides is 1. The van der Waals surface area contributed by atoms with Crippen molar-refractivity contribution in [3.8, 4) is 11.3 Å². The minimum Gasteiger partial charge on any atom is -0.349 e. The van der Waals surface area contributed by atoms with Gasteiger partial charge in [0.2, 0.25) is 16.0 Å². The molecular weight excluding hydrogens is 566 g/mol. The number of fused-ring (bicyclic) bond motifs is 1. The predicted octanol–water partition coefficient (Wildman–Crippen LogP) is 1.70. The second-order valence-electron chi connectivity index (χ2n) is 10.1. The highest BCUT2D eigenvalue weighted by molar-refractivity contribution is 7.90. The zero-order valence-corrected chi connectivity index (χ0v) is 23.8. The summed E-state index contributed by atoms with van der Waals surface area (Å²) in [6, 6.07) is 16.8. The minimum atomic E-state index is -3.82. The van der Waals surface area contributed by atoms with Gasteiger partial charge in [-0.25, -0.2) is 42.8 Å². The Morgan fingerprint density at radius 3 is 2.24 bits per heavy atom. The highest BCUT2D eigenvalue weighted by atomic mass is 32.2. The molecule has 2 aromatic heterocycles. The first-order chi connectivity index (χ1) is 19.4. The molecule has 0 radical (unpaired) electrons. The summed E-state index contributed by atoms with van der Waals surface area (Å²) in [4.78, 5) is 26.2. The van der Waals surface area contributed by atoms with E-state index >= 15 is 0 Å². The fourth-order valence-corrected chi connectivity index (χ4v) is 5.23. The molecule has 0 aliphatic heterocycles. The van der Waals surface area contributed by atoms with Gasteiger partial charge in [0.1, 0.15) is 15.4 Å². The van der Waals surface area contributed by atoms with E-state index in [1.54, 1.807) is 36.4 Å². The van der Waals surface area contributed by atoms with Gasteiger partial charge >= 0.3 is 0 Å². The molecule has 4 aromatic rings. The van der Waals surface area contributed by atoms with Crippen molar-refractivity contribution >= 4 is 42.7 Å². The van der Waals surface area contributed by atoms with Crippen molar-refractivity contribution in [1.82, 2.24) is 20.3 Å². The summed E-state index contributed by atoms with van der Waals surface area (Å²) < 4.78 is 47.0. The smallest absolute Gasteiger partial charge is 0.251 e. The Labute approximate surface area is 237 Å². The number of nitrogens with zero attached hydrogens (tertiary/aromatic N) is 4. The molecule has 2 heterocycles. The number of nitrogens with two attached hydrogens (primary N) is 2. The van der Waals surface area contributed by atoms with Gasteiger partial charge in [-0.1, -0.05) is 24.3 Å². The largest absolute Gasteiger partial charge is 0.349 e. The molecule has 14 heteroatoms. The van der Waals surface area contributed by atoms with Gasteiger partial charge in [-0.3, -0.25) is 9.80 Å². The first kappa shape index (κ1) is 28.5. The number of primary sulfonamides is 1. The minimum absolute atomic E-state index is 0.0205. The Morgan fingerprint density at radius 1 is 0.951 bits per heavy atom. The molecule has 1 fully saturated rings. The summed E-state index contributed by atoms with van der Waals surface area (Å²) in [5.74, 6) is 6.18. The summed E-state index contributed by atoms with van der Waals surface area (Å²) in [7, 11) is -7.12. The number of sulfonamides is 1. The third kappa shape index (κ3) is 7.21. The molecule has 2 aromatic carbocycles. The van der Waals surface area contributed by atoms with Crippen molar-refractivity contribution in [2.24, 2.45) is 11.0 Å². The number of anilines is 1. The van der Waals surface area contributed by atoms with Crippen LogP contribution >= 0.6 is 0 Å². The highest BCUT2D eigenvalue weighted by Crippen LogP contribution is 2.25. The first-order valence-corrected chi connectivity index (χ1v) is 16.4. The Kier molecular flexibility index (Phi) is 7.74. The quantitative estimate of drug-likeness (QED) is 0.180. The predicted molar refractivity (Wildman–Crippen MR) is 155 cm³/mol. The van der Waals surface area contributed by atoms with Gasteiger partial charge < -0.3 is 5.32 Å².